The fraction of sp³-hybridized carbons (Fsp3) is 0.0800. The third-order valence-corrected chi connectivity index (χ3v) is 10.9. The molecule has 0 N–H and O–H groups in total. The second-order valence-electron chi connectivity index (χ2n) is 14.9. The second kappa shape index (κ2) is 10.8. The molecule has 0 saturated heterocycles. The normalized spacial score (nSPS) is 12.3. The van der Waals surface area contributed by atoms with Crippen LogP contribution in [0.1, 0.15) is 26.3 Å². The SMILES string of the molecule is CC(C)(C)c1ccc2c(-c3cc4c5ccccc5c5ccccc5c4c4ccccc34)c3ccccc3c(-c3ccc4ccccc4c3)c2c1. The Bertz CT molecular complexity index is 3010. The maximum atomic E-state index is 2.50. The van der Waals surface area contributed by atoms with E-state index in [1.165, 1.54) is 103 Å². The van der Waals surface area contributed by atoms with E-state index in [0.717, 1.165) is 0 Å². The Balaban J connectivity index is 1.42. The molecule has 10 aromatic rings. The Morgan fingerprint density at radius 2 is 0.820 bits per heavy atom. The number of rotatable bonds is 2. The van der Waals surface area contributed by atoms with Crippen molar-refractivity contribution < 1.29 is 0 Å². The lowest BCUT2D eigenvalue weighted by atomic mass is 9.80. The number of hydrogen-bond donors (Lipinski definition) is 0. The zero-order valence-corrected chi connectivity index (χ0v) is 28.6. The predicted octanol–water partition coefficient (Wildman–Crippen LogP) is 14.4. The molecule has 0 aliphatic rings. The van der Waals surface area contributed by atoms with Gasteiger partial charge in [0.05, 0.1) is 0 Å². The van der Waals surface area contributed by atoms with Crippen LogP contribution in [0.3, 0.4) is 0 Å². The maximum absolute atomic E-state index is 2.50. The average Bonchev–Trinajstić information content (AvgIpc) is 3.16. The third kappa shape index (κ3) is 4.25. The lowest BCUT2D eigenvalue weighted by Crippen LogP contribution is -2.10. The molecule has 0 atom stereocenters. The molecule has 0 saturated carbocycles. The molecule has 0 heteroatoms. The highest BCUT2D eigenvalue weighted by atomic mass is 14.3. The van der Waals surface area contributed by atoms with Crippen molar-refractivity contribution in [1.29, 1.82) is 0 Å². The summed E-state index contributed by atoms with van der Waals surface area (Å²) in [5.74, 6) is 0. The summed E-state index contributed by atoms with van der Waals surface area (Å²) in [6.45, 7) is 6.95. The number of benzene rings is 10. The van der Waals surface area contributed by atoms with Crippen molar-refractivity contribution in [2.45, 2.75) is 26.2 Å². The minimum atomic E-state index is 0.0102. The van der Waals surface area contributed by atoms with Crippen LogP contribution >= 0.6 is 0 Å². The summed E-state index contributed by atoms with van der Waals surface area (Å²) < 4.78 is 0. The van der Waals surface area contributed by atoms with E-state index >= 15 is 0 Å². The highest BCUT2D eigenvalue weighted by Gasteiger charge is 2.23. The minimum absolute atomic E-state index is 0.0102. The molecular formula is C50H36. The van der Waals surface area contributed by atoms with Crippen molar-refractivity contribution in [3.63, 3.8) is 0 Å². The molecule has 0 heterocycles. The molecule has 0 fully saturated rings. The lowest BCUT2D eigenvalue weighted by molar-refractivity contribution is 0.591. The molecule has 0 aliphatic carbocycles. The van der Waals surface area contributed by atoms with E-state index < -0.39 is 0 Å². The first-order valence-electron chi connectivity index (χ1n) is 17.7. The van der Waals surface area contributed by atoms with Gasteiger partial charge in [0, 0.05) is 0 Å². The maximum Gasteiger partial charge on any atom is -0.00199 e. The molecule has 0 unspecified atom stereocenters. The largest absolute Gasteiger partial charge is 0.0616 e. The van der Waals surface area contributed by atoms with Gasteiger partial charge in [-0.3, -0.25) is 0 Å². The average molecular weight is 637 g/mol. The standard InChI is InChI=1S/C50H36/c1-50(2,3)34-26-27-43-44(29-34)47(33-25-24-31-14-4-5-15-32(31)28-33)41-22-12-13-23-42(41)49(43)46-30-45-37-18-7-6-16-35(37)36-17-8-10-20-39(36)48(45)40-21-11-9-19-38(40)46/h4-30H,1-3H3. The summed E-state index contributed by atoms with van der Waals surface area (Å²) in [5, 5.41) is 18.1. The molecule has 0 aliphatic heterocycles. The van der Waals surface area contributed by atoms with Crippen LogP contribution in [0, 0.1) is 0 Å². The number of fused-ring (bicyclic) bond motifs is 11. The second-order valence-corrected chi connectivity index (χ2v) is 14.9. The quantitative estimate of drug-likeness (QED) is 0.131. The van der Waals surface area contributed by atoms with Crippen molar-refractivity contribution in [1.82, 2.24) is 0 Å². The Morgan fingerprint density at radius 1 is 0.320 bits per heavy atom. The first-order valence-corrected chi connectivity index (χ1v) is 17.7. The van der Waals surface area contributed by atoms with Gasteiger partial charge in [0.25, 0.3) is 0 Å². The molecule has 10 aromatic carbocycles. The van der Waals surface area contributed by atoms with Gasteiger partial charge in [-0.2, -0.15) is 0 Å². The molecule has 236 valence electrons. The first kappa shape index (κ1) is 29.0. The van der Waals surface area contributed by atoms with Crippen LogP contribution in [0.15, 0.2) is 164 Å². The van der Waals surface area contributed by atoms with Gasteiger partial charge in [0.15, 0.2) is 0 Å². The Hall–Kier alpha value is -5.98. The van der Waals surface area contributed by atoms with Crippen LogP contribution in [0.25, 0.3) is 97.7 Å². The molecule has 0 aromatic heterocycles. The van der Waals surface area contributed by atoms with Crippen LogP contribution in [0.5, 0.6) is 0 Å². The summed E-state index contributed by atoms with van der Waals surface area (Å²) in [5.41, 5.74) is 6.49. The molecule has 0 amide bonds. The van der Waals surface area contributed by atoms with Gasteiger partial charge in [-0.15, -0.1) is 0 Å². The summed E-state index contributed by atoms with van der Waals surface area (Å²) >= 11 is 0. The van der Waals surface area contributed by atoms with E-state index in [1.807, 2.05) is 0 Å². The van der Waals surface area contributed by atoms with Gasteiger partial charge in [-0.05, 0) is 127 Å². The van der Waals surface area contributed by atoms with Crippen LogP contribution < -0.4 is 0 Å². The lowest BCUT2D eigenvalue weighted by Gasteiger charge is -2.24. The highest BCUT2D eigenvalue weighted by Crippen LogP contribution is 2.49. The molecule has 0 radical (unpaired) electrons. The Kier molecular flexibility index (Phi) is 6.24. The highest BCUT2D eigenvalue weighted by molar-refractivity contribution is 6.34. The Labute approximate surface area is 292 Å². The van der Waals surface area contributed by atoms with Crippen LogP contribution in [0.4, 0.5) is 0 Å². The van der Waals surface area contributed by atoms with Crippen molar-refractivity contribution in [2.75, 3.05) is 0 Å². The molecule has 0 spiro atoms. The first-order chi connectivity index (χ1) is 24.5. The van der Waals surface area contributed by atoms with Crippen molar-refractivity contribution in [3.8, 4) is 22.3 Å². The van der Waals surface area contributed by atoms with Crippen molar-refractivity contribution in [2.24, 2.45) is 0 Å². The molecule has 0 nitrogen and oxygen atoms in total. The monoisotopic (exact) mass is 636 g/mol. The van der Waals surface area contributed by atoms with Crippen molar-refractivity contribution in [3.05, 3.63) is 169 Å². The van der Waals surface area contributed by atoms with Gasteiger partial charge in [0.2, 0.25) is 0 Å². The fourth-order valence-electron chi connectivity index (χ4n) is 8.56. The van der Waals surface area contributed by atoms with E-state index in [-0.39, 0.29) is 5.41 Å². The van der Waals surface area contributed by atoms with Crippen molar-refractivity contribution >= 4 is 75.4 Å². The predicted molar refractivity (Wildman–Crippen MR) is 219 cm³/mol. The minimum Gasteiger partial charge on any atom is -0.0616 e. The van der Waals surface area contributed by atoms with E-state index in [9.17, 15) is 0 Å². The molecule has 0 bridgehead atoms. The smallest absolute Gasteiger partial charge is 0.00199 e. The summed E-state index contributed by atoms with van der Waals surface area (Å²) in [6.07, 6.45) is 0. The summed E-state index contributed by atoms with van der Waals surface area (Å²) in [4.78, 5) is 0. The van der Waals surface area contributed by atoms with Gasteiger partial charge in [-0.25, -0.2) is 0 Å². The molecule has 50 heavy (non-hydrogen) atoms. The topological polar surface area (TPSA) is 0 Å². The number of hydrogen-bond acceptors (Lipinski definition) is 0. The zero-order valence-electron chi connectivity index (χ0n) is 28.6. The van der Waals surface area contributed by atoms with Gasteiger partial charge >= 0.3 is 0 Å². The third-order valence-electron chi connectivity index (χ3n) is 10.9. The zero-order chi connectivity index (χ0) is 33.6. The molecule has 10 rings (SSSR count). The van der Waals surface area contributed by atoms with Gasteiger partial charge < -0.3 is 0 Å². The van der Waals surface area contributed by atoms with Gasteiger partial charge in [-0.1, -0.05) is 166 Å². The summed E-state index contributed by atoms with van der Waals surface area (Å²) in [7, 11) is 0. The molecular weight excluding hydrogens is 601 g/mol. The van der Waals surface area contributed by atoms with E-state index in [0.29, 0.717) is 0 Å². The fourth-order valence-corrected chi connectivity index (χ4v) is 8.56. The van der Waals surface area contributed by atoms with Crippen LogP contribution in [0.2, 0.25) is 0 Å². The van der Waals surface area contributed by atoms with E-state index in [4.69, 9.17) is 0 Å². The summed E-state index contributed by atoms with van der Waals surface area (Å²) in [6, 6.07) is 61.4. The Morgan fingerprint density at radius 3 is 1.50 bits per heavy atom. The van der Waals surface area contributed by atoms with E-state index in [2.05, 4.69) is 185 Å². The van der Waals surface area contributed by atoms with Gasteiger partial charge in [0.1, 0.15) is 0 Å². The van der Waals surface area contributed by atoms with E-state index in [1.54, 1.807) is 0 Å². The van der Waals surface area contributed by atoms with Crippen LogP contribution in [-0.4, -0.2) is 0 Å². The van der Waals surface area contributed by atoms with Crippen LogP contribution in [-0.2, 0) is 5.41 Å².